The molecule has 19 heteroatoms. The van der Waals surface area contributed by atoms with Crippen molar-refractivity contribution >= 4 is 10.1 Å². The quantitative estimate of drug-likeness (QED) is 0.276. The molecule has 0 aliphatic heterocycles. The van der Waals surface area contributed by atoms with E-state index < -0.39 is 64.3 Å². The van der Waals surface area contributed by atoms with Gasteiger partial charge in [-0.05, 0) is 0 Å². The van der Waals surface area contributed by atoms with E-state index in [1.165, 1.54) is 0 Å². The molecular weight excluding hydrogens is 477 g/mol. The van der Waals surface area contributed by atoms with Gasteiger partial charge >= 0.3 is 53.2 Å². The van der Waals surface area contributed by atoms with Crippen molar-refractivity contribution in [3.05, 3.63) is 0 Å². The molecule has 0 bridgehead atoms. The summed E-state index contributed by atoms with van der Waals surface area (Å²) in [6.07, 6.45) is -19.8. The zero-order valence-electron chi connectivity index (χ0n) is 12.8. The Kier molecular flexibility index (Phi) is 9.65. The summed E-state index contributed by atoms with van der Waals surface area (Å²) in [6.45, 7) is 0. The Morgan fingerprint density at radius 2 is 0.964 bits per heavy atom. The van der Waals surface area contributed by atoms with Crippen molar-refractivity contribution < 1.29 is 104 Å². The van der Waals surface area contributed by atoms with Crippen molar-refractivity contribution in [2.45, 2.75) is 54.1 Å². The van der Waals surface area contributed by atoms with E-state index in [9.17, 15) is 74.4 Å². The summed E-state index contributed by atoms with van der Waals surface area (Å²) >= 11 is 0. The van der Waals surface area contributed by atoms with Gasteiger partial charge in [-0.25, -0.2) is 34.8 Å². The Hall–Kier alpha value is -0.0700. The van der Waals surface area contributed by atoms with E-state index in [0.29, 0.717) is 0 Å². The van der Waals surface area contributed by atoms with Crippen LogP contribution in [0.5, 0.6) is 0 Å². The molecule has 164 valence electrons. The summed E-state index contributed by atoms with van der Waals surface area (Å²) in [5, 5.41) is 0. The summed E-state index contributed by atoms with van der Waals surface area (Å²) < 4.78 is 209. The van der Waals surface area contributed by atoms with Crippen LogP contribution in [0, 0.1) is 0 Å². The van der Waals surface area contributed by atoms with Crippen LogP contribution in [-0.2, 0) is 10.1 Å². The fourth-order valence-corrected chi connectivity index (χ4v) is 1.93. The topological polar surface area (TPSA) is 57.2 Å². The Morgan fingerprint density at radius 3 is 1.25 bits per heavy atom. The van der Waals surface area contributed by atoms with E-state index in [2.05, 4.69) is 0 Å². The number of hydrogen-bond donors (Lipinski definition) is 0. The largest absolute Gasteiger partial charge is 1.00 e. The van der Waals surface area contributed by atoms with Crippen LogP contribution in [0.2, 0.25) is 0 Å². The van der Waals surface area contributed by atoms with Crippen molar-refractivity contribution in [3.63, 3.8) is 0 Å². The average Bonchev–Trinajstić information content (AvgIpc) is 2.49. The minimum Gasteiger partial charge on any atom is -0.746 e. The average molecular weight is 482 g/mol. The minimum absolute atomic E-state index is 0. The molecule has 0 radical (unpaired) electrons. The van der Waals surface area contributed by atoms with Crippen LogP contribution < -0.4 is 29.6 Å². The van der Waals surface area contributed by atoms with Crippen LogP contribution in [0.15, 0.2) is 0 Å². The first-order chi connectivity index (χ1) is 11.6. The molecule has 0 fully saturated rings. The predicted molar refractivity (Wildman–Crippen MR) is 55.1 cm³/mol. The maximum atomic E-state index is 13.1. The molecule has 0 heterocycles. The molecule has 0 saturated heterocycles. The van der Waals surface area contributed by atoms with E-state index in [1.54, 1.807) is 0 Å². The van der Waals surface area contributed by atoms with E-state index in [0.717, 1.165) is 0 Å². The molecule has 0 aliphatic rings. The molecule has 3 nitrogen and oxygen atoms in total. The molecule has 0 rings (SSSR count). The van der Waals surface area contributed by atoms with E-state index in [-0.39, 0.29) is 29.6 Å². The van der Waals surface area contributed by atoms with Gasteiger partial charge in [0.2, 0.25) is 6.17 Å². The minimum atomic E-state index is -7.89. The normalized spacial score (nSPS) is 19.0. The Balaban J connectivity index is 0. The van der Waals surface area contributed by atoms with Gasteiger partial charge in [0.1, 0.15) is 10.1 Å². The zero-order valence-corrected chi connectivity index (χ0v) is 15.6. The third kappa shape index (κ3) is 4.97. The molecule has 4 atom stereocenters. The second-order valence-corrected chi connectivity index (χ2v) is 6.23. The Morgan fingerprint density at radius 1 is 0.643 bits per heavy atom. The first-order valence-electron chi connectivity index (χ1n) is 5.88. The maximum Gasteiger partial charge on any atom is 1.00 e. The van der Waals surface area contributed by atoms with Crippen LogP contribution in [0.4, 0.5) is 61.5 Å². The van der Waals surface area contributed by atoms with Crippen LogP contribution in [-0.4, -0.2) is 67.1 Å². The molecule has 28 heavy (non-hydrogen) atoms. The second kappa shape index (κ2) is 8.97. The third-order valence-electron chi connectivity index (χ3n) is 2.94. The van der Waals surface area contributed by atoms with Crippen molar-refractivity contribution in [1.29, 1.82) is 0 Å². The number of alkyl halides is 14. The predicted octanol–water partition coefficient (Wildman–Crippen LogP) is 0.652. The molecule has 4 unspecified atom stereocenters. The van der Waals surface area contributed by atoms with Gasteiger partial charge in [-0.15, -0.1) is 0 Å². The third-order valence-corrected chi connectivity index (χ3v) is 3.74. The first-order valence-corrected chi connectivity index (χ1v) is 7.36. The van der Waals surface area contributed by atoms with Crippen LogP contribution in [0.25, 0.3) is 0 Å². The Labute approximate surface area is 168 Å². The van der Waals surface area contributed by atoms with Gasteiger partial charge in [-0.1, -0.05) is 0 Å². The standard InChI is InChI=1S/C9H6F14O3S.Na/c10-1(2(11)4(13)14)3(12)6(16,17)8(20,21)9(22,23)7(18,19)5(15)27(24,25)26;/h1-5H,(H,24,25,26);/q;+1/p-1. The van der Waals surface area contributed by atoms with Crippen molar-refractivity contribution in [1.82, 2.24) is 0 Å². The zero-order chi connectivity index (χ0) is 22.4. The summed E-state index contributed by atoms with van der Waals surface area (Å²) in [7, 11) is -7.16. The molecule has 0 aliphatic carbocycles. The van der Waals surface area contributed by atoms with Gasteiger partial charge in [0.25, 0.3) is 11.9 Å². The van der Waals surface area contributed by atoms with Crippen molar-refractivity contribution in [3.8, 4) is 0 Å². The number of hydrogen-bond acceptors (Lipinski definition) is 3. The van der Waals surface area contributed by atoms with Crippen molar-refractivity contribution in [2.24, 2.45) is 0 Å². The fraction of sp³-hybridized carbons (Fsp3) is 1.00. The molecule has 0 N–H and O–H groups in total. The van der Waals surface area contributed by atoms with Gasteiger partial charge in [0, 0.05) is 0 Å². The van der Waals surface area contributed by atoms with Gasteiger partial charge in [0.15, 0.2) is 12.3 Å². The van der Waals surface area contributed by atoms with E-state index in [4.69, 9.17) is 0 Å². The summed E-state index contributed by atoms with van der Waals surface area (Å²) in [5.74, 6) is -30.6. The Bertz CT molecular complexity index is 626. The summed E-state index contributed by atoms with van der Waals surface area (Å²) in [6, 6.07) is 0. The summed E-state index contributed by atoms with van der Waals surface area (Å²) in [4.78, 5) is 0. The molecule has 0 aromatic rings. The maximum absolute atomic E-state index is 13.1. The molecule has 0 aromatic heterocycles. The van der Waals surface area contributed by atoms with Crippen LogP contribution in [0.1, 0.15) is 0 Å². The molecule has 0 amide bonds. The number of halogens is 14. The number of rotatable bonds is 9. The van der Waals surface area contributed by atoms with Crippen LogP contribution in [0.3, 0.4) is 0 Å². The SMILES string of the molecule is O=S(=O)([O-])C(F)C(F)(F)C(F)(F)C(F)(F)C(F)(F)C(F)C(F)C(F)C(F)F.[Na+]. The monoisotopic (exact) mass is 482 g/mol. The molecule has 0 saturated carbocycles. The molecule has 0 aromatic carbocycles. The van der Waals surface area contributed by atoms with Gasteiger partial charge in [-0.3, -0.25) is 0 Å². The molecular formula is C9H5F14NaO3S. The molecule has 0 spiro atoms. The van der Waals surface area contributed by atoms with Gasteiger partial charge in [-0.2, -0.15) is 35.1 Å². The van der Waals surface area contributed by atoms with E-state index in [1.807, 2.05) is 0 Å². The van der Waals surface area contributed by atoms with E-state index >= 15 is 0 Å². The van der Waals surface area contributed by atoms with Crippen molar-refractivity contribution in [2.75, 3.05) is 0 Å². The second-order valence-electron chi connectivity index (χ2n) is 4.83. The first kappa shape index (κ1) is 30.1. The fourth-order valence-electron chi connectivity index (χ4n) is 1.42. The smallest absolute Gasteiger partial charge is 0.746 e. The van der Waals surface area contributed by atoms with Crippen LogP contribution >= 0.6 is 0 Å². The summed E-state index contributed by atoms with van der Waals surface area (Å²) in [5.41, 5.74) is -5.75. The van der Waals surface area contributed by atoms with Gasteiger partial charge < -0.3 is 4.55 Å². The van der Waals surface area contributed by atoms with Gasteiger partial charge in [0.05, 0.1) is 0 Å².